The van der Waals surface area contributed by atoms with Gasteiger partial charge < -0.3 is 9.73 Å². The molecule has 0 aliphatic rings. The molecule has 0 fully saturated rings. The number of hydrogen-bond donors (Lipinski definition) is 1. The van der Waals surface area contributed by atoms with Gasteiger partial charge in [-0.15, -0.1) is 0 Å². The third-order valence-corrected chi connectivity index (χ3v) is 3.71. The molecule has 3 nitrogen and oxygen atoms in total. The third kappa shape index (κ3) is 6.10. The highest BCUT2D eigenvalue weighted by atomic mass is 16.3. The Balaban J connectivity index is 2.50. The molecule has 1 atom stereocenters. The van der Waals surface area contributed by atoms with E-state index in [2.05, 4.69) is 44.1 Å². The van der Waals surface area contributed by atoms with Crippen LogP contribution in [0.1, 0.15) is 51.6 Å². The fraction of sp³-hybridized carbons (Fsp3) is 0.765. The van der Waals surface area contributed by atoms with Gasteiger partial charge in [0.05, 0.1) is 6.54 Å². The van der Waals surface area contributed by atoms with Crippen molar-refractivity contribution in [1.29, 1.82) is 0 Å². The molecule has 0 amide bonds. The molecule has 1 heterocycles. The first-order valence-corrected chi connectivity index (χ1v) is 7.93. The Bertz CT molecular complexity index is 375. The zero-order chi connectivity index (χ0) is 15.0. The second kappa shape index (κ2) is 8.48. The molecule has 20 heavy (non-hydrogen) atoms. The lowest BCUT2D eigenvalue weighted by atomic mass is 9.85. The second-order valence-corrected chi connectivity index (χ2v) is 6.42. The molecule has 3 heteroatoms. The van der Waals surface area contributed by atoms with Gasteiger partial charge in [0.2, 0.25) is 0 Å². The van der Waals surface area contributed by atoms with E-state index in [9.17, 15) is 0 Å². The van der Waals surface area contributed by atoms with Gasteiger partial charge in [-0.2, -0.15) is 0 Å². The summed E-state index contributed by atoms with van der Waals surface area (Å²) in [6.07, 6.45) is 3.69. The van der Waals surface area contributed by atoms with E-state index in [-0.39, 0.29) is 0 Å². The quantitative estimate of drug-likeness (QED) is 0.660. The minimum absolute atomic E-state index is 0.334. The second-order valence-electron chi connectivity index (χ2n) is 6.42. The van der Waals surface area contributed by atoms with Crippen LogP contribution in [0.25, 0.3) is 0 Å². The zero-order valence-corrected chi connectivity index (χ0v) is 14.0. The van der Waals surface area contributed by atoms with Crippen molar-refractivity contribution >= 4 is 0 Å². The molecule has 0 spiro atoms. The number of nitrogens with zero attached hydrogens (tertiary/aromatic N) is 1. The van der Waals surface area contributed by atoms with Gasteiger partial charge in [-0.1, -0.05) is 27.2 Å². The van der Waals surface area contributed by atoms with E-state index in [1.165, 1.54) is 19.3 Å². The largest absolute Gasteiger partial charge is 0.465 e. The average Bonchev–Trinajstić information content (AvgIpc) is 2.74. The summed E-state index contributed by atoms with van der Waals surface area (Å²) in [6.45, 7) is 13.1. The fourth-order valence-electron chi connectivity index (χ4n) is 2.94. The summed E-state index contributed by atoms with van der Waals surface area (Å²) >= 11 is 0. The van der Waals surface area contributed by atoms with Gasteiger partial charge in [0.25, 0.3) is 0 Å². The van der Waals surface area contributed by atoms with Crippen molar-refractivity contribution in [2.24, 2.45) is 5.41 Å². The van der Waals surface area contributed by atoms with E-state index in [0.717, 1.165) is 37.7 Å². The first-order chi connectivity index (χ1) is 9.49. The maximum absolute atomic E-state index is 5.67. The topological polar surface area (TPSA) is 28.4 Å². The molecule has 1 aromatic rings. The minimum Gasteiger partial charge on any atom is -0.465 e. The van der Waals surface area contributed by atoms with E-state index in [4.69, 9.17) is 4.42 Å². The van der Waals surface area contributed by atoms with E-state index < -0.39 is 0 Å². The summed E-state index contributed by atoms with van der Waals surface area (Å²) in [7, 11) is 2.19. The highest BCUT2D eigenvalue weighted by Gasteiger charge is 2.25. The summed E-state index contributed by atoms with van der Waals surface area (Å²) < 4.78 is 5.67. The van der Waals surface area contributed by atoms with Crippen molar-refractivity contribution in [2.75, 3.05) is 26.7 Å². The first kappa shape index (κ1) is 17.3. The van der Waals surface area contributed by atoms with Crippen molar-refractivity contribution in [3.05, 3.63) is 23.7 Å². The molecule has 116 valence electrons. The Morgan fingerprint density at radius 3 is 2.55 bits per heavy atom. The molecule has 0 aliphatic carbocycles. The smallest absolute Gasteiger partial charge is 0.118 e. The lowest BCUT2D eigenvalue weighted by molar-refractivity contribution is 0.161. The summed E-state index contributed by atoms with van der Waals surface area (Å²) in [5.41, 5.74) is 0.334. The summed E-state index contributed by atoms with van der Waals surface area (Å²) in [4.78, 5) is 2.38. The molecule has 1 N–H and O–H groups in total. The van der Waals surface area contributed by atoms with Crippen molar-refractivity contribution in [3.8, 4) is 0 Å². The molecule has 0 aromatic carbocycles. The molecular weight excluding hydrogens is 248 g/mol. The predicted octanol–water partition coefficient (Wildman–Crippen LogP) is 3.83. The number of aryl methyl sites for hydroxylation is 1. The Hall–Kier alpha value is -0.800. The Labute approximate surface area is 124 Å². The van der Waals surface area contributed by atoms with E-state index >= 15 is 0 Å². The average molecular weight is 280 g/mol. The van der Waals surface area contributed by atoms with E-state index in [1.807, 2.05) is 13.0 Å². The molecule has 0 saturated carbocycles. The Morgan fingerprint density at radius 1 is 1.25 bits per heavy atom. The minimum atomic E-state index is 0.334. The normalized spacial score (nSPS) is 14.7. The van der Waals surface area contributed by atoms with Gasteiger partial charge in [0, 0.05) is 13.1 Å². The maximum Gasteiger partial charge on any atom is 0.118 e. The third-order valence-electron chi connectivity index (χ3n) is 3.71. The molecule has 0 bridgehead atoms. The predicted molar refractivity (Wildman–Crippen MR) is 86.0 cm³/mol. The lowest BCUT2D eigenvalue weighted by Gasteiger charge is -2.34. The number of hydrogen-bond acceptors (Lipinski definition) is 3. The van der Waals surface area contributed by atoms with Crippen LogP contribution in [0.4, 0.5) is 0 Å². The lowest BCUT2D eigenvalue weighted by Crippen LogP contribution is -2.41. The van der Waals surface area contributed by atoms with Crippen LogP contribution in [-0.4, -0.2) is 31.6 Å². The monoisotopic (exact) mass is 280 g/mol. The van der Waals surface area contributed by atoms with Crippen LogP contribution in [0.2, 0.25) is 0 Å². The van der Waals surface area contributed by atoms with Crippen LogP contribution in [0.15, 0.2) is 16.5 Å². The molecular formula is C17H32N2O. The van der Waals surface area contributed by atoms with Crippen LogP contribution < -0.4 is 5.32 Å². The Kier molecular flexibility index (Phi) is 7.31. The van der Waals surface area contributed by atoms with Crippen LogP contribution in [0.5, 0.6) is 0 Å². The van der Waals surface area contributed by atoms with Crippen molar-refractivity contribution in [1.82, 2.24) is 10.2 Å². The SMILES string of the molecule is CCCNCC(C)(CCC)CN(C)Cc1ccc(C)o1. The molecule has 1 aromatic heterocycles. The van der Waals surface area contributed by atoms with Gasteiger partial charge in [0.1, 0.15) is 11.5 Å². The fourth-order valence-corrected chi connectivity index (χ4v) is 2.94. The summed E-state index contributed by atoms with van der Waals surface area (Å²) in [5, 5.41) is 3.58. The van der Waals surface area contributed by atoms with E-state index in [0.29, 0.717) is 5.41 Å². The van der Waals surface area contributed by atoms with Gasteiger partial charge in [-0.3, -0.25) is 4.90 Å². The molecule has 0 radical (unpaired) electrons. The molecule has 1 rings (SSSR count). The number of rotatable bonds is 10. The number of nitrogens with one attached hydrogen (secondary N) is 1. The van der Waals surface area contributed by atoms with Gasteiger partial charge in [-0.25, -0.2) is 0 Å². The van der Waals surface area contributed by atoms with Crippen LogP contribution in [0.3, 0.4) is 0 Å². The maximum atomic E-state index is 5.67. The molecule has 0 aliphatic heterocycles. The van der Waals surface area contributed by atoms with Crippen LogP contribution >= 0.6 is 0 Å². The van der Waals surface area contributed by atoms with Crippen LogP contribution in [0, 0.1) is 12.3 Å². The van der Waals surface area contributed by atoms with Crippen molar-refractivity contribution in [2.45, 2.75) is 53.5 Å². The van der Waals surface area contributed by atoms with E-state index in [1.54, 1.807) is 0 Å². The van der Waals surface area contributed by atoms with Crippen LogP contribution in [-0.2, 0) is 6.54 Å². The zero-order valence-electron chi connectivity index (χ0n) is 14.0. The highest BCUT2D eigenvalue weighted by Crippen LogP contribution is 2.24. The van der Waals surface area contributed by atoms with Gasteiger partial charge in [0.15, 0.2) is 0 Å². The first-order valence-electron chi connectivity index (χ1n) is 7.93. The van der Waals surface area contributed by atoms with Gasteiger partial charge >= 0.3 is 0 Å². The summed E-state index contributed by atoms with van der Waals surface area (Å²) in [5.74, 6) is 2.06. The van der Waals surface area contributed by atoms with Crippen molar-refractivity contribution < 1.29 is 4.42 Å². The van der Waals surface area contributed by atoms with Gasteiger partial charge in [-0.05, 0) is 50.9 Å². The standard InChI is InChI=1S/C17H32N2O/c1-6-10-17(4,13-18-11-7-2)14-19(5)12-16-9-8-15(3)20-16/h8-9,18H,6-7,10-14H2,1-5H3. The highest BCUT2D eigenvalue weighted by molar-refractivity contribution is 5.05. The summed E-state index contributed by atoms with van der Waals surface area (Å²) in [6, 6.07) is 4.12. The van der Waals surface area contributed by atoms with Crippen molar-refractivity contribution in [3.63, 3.8) is 0 Å². The number of furan rings is 1. The Morgan fingerprint density at radius 2 is 2.00 bits per heavy atom. The molecule has 1 unspecified atom stereocenters. The molecule has 0 saturated heterocycles.